The predicted octanol–water partition coefficient (Wildman–Crippen LogP) is 7.05. The van der Waals surface area contributed by atoms with Crippen LogP contribution in [0.25, 0.3) is 32.7 Å². The molecule has 1 aliphatic heterocycles. The molecule has 3 heterocycles. The molecule has 5 rings (SSSR count). The zero-order valence-electron chi connectivity index (χ0n) is 19.1. The molecule has 4 nitrogen and oxygen atoms in total. The number of hydrogen-bond acceptors (Lipinski definition) is 2. The van der Waals surface area contributed by atoms with Crippen molar-refractivity contribution in [1.29, 1.82) is 0 Å². The van der Waals surface area contributed by atoms with E-state index in [1.807, 2.05) is 4.78 Å². The van der Waals surface area contributed by atoms with Crippen LogP contribution >= 0.6 is 8.73 Å². The van der Waals surface area contributed by atoms with Crippen LogP contribution < -0.4 is 5.84 Å². The topological polar surface area (TPSA) is 39.1 Å². The number of allylic oxidation sites excluding steroid dienone is 1. The molecule has 1 aliphatic rings. The molecule has 0 saturated heterocycles. The first-order valence-corrected chi connectivity index (χ1v) is 12.4. The smallest absolute Gasteiger partial charge is 0.0573 e. The molecule has 2 N–H and O–H groups in total. The minimum Gasteiger partial charge on any atom is -0.350 e. The minimum absolute atomic E-state index is 0.358. The van der Waals surface area contributed by atoms with E-state index in [1.165, 1.54) is 56.7 Å². The molecule has 0 saturated carbocycles. The summed E-state index contributed by atoms with van der Waals surface area (Å²) >= 11 is 0. The van der Waals surface area contributed by atoms with E-state index in [-0.39, 0.29) is 0 Å². The summed E-state index contributed by atoms with van der Waals surface area (Å²) in [5, 5.41) is 3.82. The van der Waals surface area contributed by atoms with Crippen LogP contribution in [-0.2, 0) is 7.05 Å². The van der Waals surface area contributed by atoms with E-state index < -0.39 is 0 Å². The Balaban J connectivity index is 1.79. The molecule has 2 aromatic carbocycles. The van der Waals surface area contributed by atoms with Crippen molar-refractivity contribution in [2.75, 3.05) is 0 Å². The number of fused-ring (bicyclic) bond motifs is 2. The van der Waals surface area contributed by atoms with E-state index in [9.17, 15) is 0 Å². The summed E-state index contributed by atoms with van der Waals surface area (Å²) in [6.07, 6.45) is 8.08. The van der Waals surface area contributed by atoms with Gasteiger partial charge >= 0.3 is 0 Å². The number of para-hydroxylation sites is 2. The normalized spacial score (nSPS) is 16.2. The lowest BCUT2D eigenvalue weighted by Crippen LogP contribution is -2.17. The Labute approximate surface area is 191 Å². The maximum atomic E-state index is 6.46. The van der Waals surface area contributed by atoms with Crippen LogP contribution in [-0.4, -0.2) is 13.9 Å². The standard InChI is InChI=1S/C27H31N4P/c1-5-11-19(6-2)30-17-23(21-13-8-10-15-25(21)30)27-26(18(3)31(28)32-27)22-16-29(4)24-14-9-7-12-20(22)24/h7-10,12-17,19,32H,3,5-6,11,28H2,1-2,4H3. The first-order chi connectivity index (χ1) is 15.5. The van der Waals surface area contributed by atoms with Gasteiger partial charge in [0.05, 0.1) is 5.70 Å². The first kappa shape index (κ1) is 21.1. The number of nitrogens with two attached hydrogens (primary N) is 1. The largest absolute Gasteiger partial charge is 0.350 e. The van der Waals surface area contributed by atoms with Crippen molar-refractivity contribution in [3.05, 3.63) is 84.3 Å². The highest BCUT2D eigenvalue weighted by Crippen LogP contribution is 2.54. The van der Waals surface area contributed by atoms with E-state index >= 15 is 0 Å². The molecular weight excluding hydrogens is 411 g/mol. The number of benzene rings is 2. The lowest BCUT2D eigenvalue weighted by Gasteiger charge is -2.17. The van der Waals surface area contributed by atoms with Crippen LogP contribution in [0.5, 0.6) is 0 Å². The van der Waals surface area contributed by atoms with Gasteiger partial charge in [0.2, 0.25) is 0 Å². The van der Waals surface area contributed by atoms with Crippen molar-refractivity contribution in [1.82, 2.24) is 13.9 Å². The van der Waals surface area contributed by atoms with E-state index in [4.69, 9.17) is 5.84 Å². The van der Waals surface area contributed by atoms with Crippen molar-refractivity contribution >= 4 is 41.4 Å². The fourth-order valence-corrected chi connectivity index (χ4v) is 6.31. The third kappa shape index (κ3) is 3.21. The summed E-state index contributed by atoms with van der Waals surface area (Å²) in [7, 11) is 2.46. The van der Waals surface area contributed by atoms with Crippen molar-refractivity contribution in [2.24, 2.45) is 12.9 Å². The second kappa shape index (κ2) is 8.27. The number of hydrazine groups is 1. The monoisotopic (exact) mass is 442 g/mol. The maximum Gasteiger partial charge on any atom is 0.0573 e. The van der Waals surface area contributed by atoms with Gasteiger partial charge in [-0.1, -0.05) is 63.2 Å². The molecule has 5 heteroatoms. The summed E-state index contributed by atoms with van der Waals surface area (Å²) in [6.45, 7) is 8.94. The molecule has 0 bridgehead atoms. The van der Waals surface area contributed by atoms with E-state index in [2.05, 4.69) is 97.5 Å². The molecule has 2 unspecified atom stereocenters. The Kier molecular flexibility index (Phi) is 5.44. The summed E-state index contributed by atoms with van der Waals surface area (Å²) in [5.41, 5.74) is 7.09. The molecular formula is C27H31N4P. The molecule has 0 radical (unpaired) electrons. The van der Waals surface area contributed by atoms with Crippen LogP contribution in [0.4, 0.5) is 0 Å². The van der Waals surface area contributed by atoms with Gasteiger partial charge in [-0.05, 0) is 25.0 Å². The van der Waals surface area contributed by atoms with Crippen LogP contribution in [0.15, 0.2) is 73.2 Å². The summed E-state index contributed by atoms with van der Waals surface area (Å²) in [5.74, 6) is 6.46. The fourth-order valence-electron chi connectivity index (χ4n) is 5.11. The van der Waals surface area contributed by atoms with Crippen molar-refractivity contribution < 1.29 is 0 Å². The quantitative estimate of drug-likeness (QED) is 0.257. The summed E-state index contributed by atoms with van der Waals surface area (Å²) in [6, 6.07) is 17.9. The Morgan fingerprint density at radius 1 is 0.938 bits per heavy atom. The van der Waals surface area contributed by atoms with Gasteiger partial charge in [-0.2, -0.15) is 0 Å². The van der Waals surface area contributed by atoms with E-state index in [1.54, 1.807) is 0 Å². The summed E-state index contributed by atoms with van der Waals surface area (Å²) in [4.78, 5) is 0. The average molecular weight is 443 g/mol. The molecule has 0 amide bonds. The molecule has 0 spiro atoms. The highest BCUT2D eigenvalue weighted by molar-refractivity contribution is 7.49. The van der Waals surface area contributed by atoms with Gasteiger partial charge in [0.1, 0.15) is 0 Å². The molecule has 4 aromatic rings. The molecule has 0 aliphatic carbocycles. The fraction of sp³-hybridized carbons (Fsp3) is 0.259. The van der Waals surface area contributed by atoms with Crippen LogP contribution in [0.1, 0.15) is 50.3 Å². The average Bonchev–Trinajstić information content (AvgIpc) is 3.44. The van der Waals surface area contributed by atoms with E-state index in [0.29, 0.717) is 14.8 Å². The zero-order chi connectivity index (χ0) is 22.4. The van der Waals surface area contributed by atoms with Crippen LogP contribution in [0, 0.1) is 0 Å². The Morgan fingerprint density at radius 3 is 2.28 bits per heavy atom. The number of nitrogens with zero attached hydrogens (tertiary/aromatic N) is 3. The third-order valence-electron chi connectivity index (χ3n) is 6.72. The second-order valence-corrected chi connectivity index (χ2v) is 9.87. The van der Waals surface area contributed by atoms with Gasteiger partial charge in [0.15, 0.2) is 0 Å². The zero-order valence-corrected chi connectivity index (χ0v) is 20.1. The van der Waals surface area contributed by atoms with E-state index in [0.717, 1.165) is 12.1 Å². The second-order valence-electron chi connectivity index (χ2n) is 8.67. The number of hydrogen-bond donors (Lipinski definition) is 1. The van der Waals surface area contributed by atoms with Gasteiger partial charge in [0, 0.05) is 78.0 Å². The molecule has 0 fully saturated rings. The lowest BCUT2D eigenvalue weighted by molar-refractivity contribution is 0.460. The third-order valence-corrected chi connectivity index (χ3v) is 7.98. The number of aromatic nitrogens is 2. The molecule has 32 heavy (non-hydrogen) atoms. The van der Waals surface area contributed by atoms with Gasteiger partial charge in [-0.3, -0.25) is 4.78 Å². The number of rotatable bonds is 6. The highest BCUT2D eigenvalue weighted by Gasteiger charge is 2.30. The van der Waals surface area contributed by atoms with Crippen molar-refractivity contribution in [3.8, 4) is 0 Å². The lowest BCUT2D eigenvalue weighted by atomic mass is 9.99. The van der Waals surface area contributed by atoms with Gasteiger partial charge in [0.25, 0.3) is 0 Å². The van der Waals surface area contributed by atoms with Gasteiger partial charge < -0.3 is 9.13 Å². The van der Waals surface area contributed by atoms with Crippen molar-refractivity contribution in [2.45, 2.75) is 39.2 Å². The first-order valence-electron chi connectivity index (χ1n) is 11.4. The number of aryl methyl sites for hydroxylation is 1. The Morgan fingerprint density at radius 2 is 1.59 bits per heavy atom. The Hall–Kier alpha value is -2.81. The van der Waals surface area contributed by atoms with Gasteiger partial charge in [-0.15, -0.1) is 0 Å². The molecule has 2 atom stereocenters. The summed E-state index contributed by atoms with van der Waals surface area (Å²) < 4.78 is 6.51. The SMILES string of the molecule is C=C1C(c2cn(C)c3ccccc23)=C(c2cn(C(CC)CCC)c3ccccc23)PN1N. The van der Waals surface area contributed by atoms with Crippen molar-refractivity contribution in [3.63, 3.8) is 0 Å². The maximum absolute atomic E-state index is 6.46. The minimum atomic E-state index is 0.358. The molecule has 2 aromatic heterocycles. The predicted molar refractivity (Wildman–Crippen MR) is 139 cm³/mol. The Bertz CT molecular complexity index is 1360. The van der Waals surface area contributed by atoms with Crippen LogP contribution in [0.3, 0.4) is 0 Å². The molecule has 164 valence electrons. The van der Waals surface area contributed by atoms with Crippen LogP contribution in [0.2, 0.25) is 0 Å². The van der Waals surface area contributed by atoms with Gasteiger partial charge in [-0.25, -0.2) is 5.84 Å². The highest BCUT2D eigenvalue weighted by atomic mass is 31.1.